The molecule has 4 rings (SSSR count). The van der Waals surface area contributed by atoms with E-state index in [0.717, 1.165) is 43.0 Å². The second-order valence-corrected chi connectivity index (χ2v) is 8.37. The van der Waals surface area contributed by atoms with E-state index in [4.69, 9.17) is 8.83 Å². The first-order valence-corrected chi connectivity index (χ1v) is 10.5. The number of carbonyl (C=O) groups excluding carboxylic acids is 1. The van der Waals surface area contributed by atoms with E-state index in [9.17, 15) is 9.59 Å². The van der Waals surface area contributed by atoms with Crippen LogP contribution < -0.4 is 10.7 Å². The van der Waals surface area contributed by atoms with E-state index < -0.39 is 5.91 Å². The van der Waals surface area contributed by atoms with Gasteiger partial charge in [0.25, 0.3) is 5.91 Å². The SMILES string of the molecule is Cc1ccc2oc(C(=O)NCC(c3ccc(C)o3)N3CCC(C)CC3)cc(=O)c2c1. The number of nitrogens with one attached hydrogen (secondary N) is 1. The highest BCUT2D eigenvalue weighted by molar-refractivity contribution is 5.93. The molecule has 1 aliphatic heterocycles. The minimum atomic E-state index is -0.395. The van der Waals surface area contributed by atoms with E-state index in [-0.39, 0.29) is 17.2 Å². The van der Waals surface area contributed by atoms with Crippen LogP contribution in [0.3, 0.4) is 0 Å². The number of amides is 1. The predicted molar refractivity (Wildman–Crippen MR) is 116 cm³/mol. The number of rotatable bonds is 5. The first kappa shape index (κ1) is 20.4. The molecule has 2 aromatic heterocycles. The molecule has 1 N–H and O–H groups in total. The average molecular weight is 408 g/mol. The summed E-state index contributed by atoms with van der Waals surface area (Å²) in [7, 11) is 0. The van der Waals surface area contributed by atoms with Crippen molar-refractivity contribution in [2.24, 2.45) is 5.92 Å². The van der Waals surface area contributed by atoms with Gasteiger partial charge < -0.3 is 14.2 Å². The maximum absolute atomic E-state index is 12.8. The molecule has 6 heteroatoms. The highest BCUT2D eigenvalue weighted by Gasteiger charge is 2.27. The molecule has 1 fully saturated rings. The fourth-order valence-electron chi connectivity index (χ4n) is 4.04. The highest BCUT2D eigenvalue weighted by atomic mass is 16.3. The third-order valence-electron chi connectivity index (χ3n) is 5.91. The Morgan fingerprint density at radius 3 is 2.60 bits per heavy atom. The quantitative estimate of drug-likeness (QED) is 0.685. The van der Waals surface area contributed by atoms with Gasteiger partial charge >= 0.3 is 0 Å². The van der Waals surface area contributed by atoms with E-state index in [2.05, 4.69) is 17.1 Å². The summed E-state index contributed by atoms with van der Waals surface area (Å²) < 4.78 is 11.6. The van der Waals surface area contributed by atoms with Gasteiger partial charge in [-0.15, -0.1) is 0 Å². The number of hydrogen-bond donors (Lipinski definition) is 1. The number of hydrogen-bond acceptors (Lipinski definition) is 5. The van der Waals surface area contributed by atoms with Crippen molar-refractivity contribution in [2.75, 3.05) is 19.6 Å². The molecule has 1 unspecified atom stereocenters. The molecule has 3 heterocycles. The van der Waals surface area contributed by atoms with Crippen LogP contribution in [0.25, 0.3) is 11.0 Å². The minimum Gasteiger partial charge on any atom is -0.465 e. The second kappa shape index (κ2) is 8.48. The number of furan rings is 1. The Balaban J connectivity index is 1.53. The predicted octanol–water partition coefficient (Wildman–Crippen LogP) is 4.21. The normalized spacial score (nSPS) is 16.6. The Kier molecular flexibility index (Phi) is 5.77. The van der Waals surface area contributed by atoms with E-state index in [1.54, 1.807) is 12.1 Å². The van der Waals surface area contributed by atoms with Crippen LogP contribution >= 0.6 is 0 Å². The Labute approximate surface area is 175 Å². The molecular formula is C24H28N2O4. The summed E-state index contributed by atoms with van der Waals surface area (Å²) in [5.74, 6) is 2.04. The van der Waals surface area contributed by atoms with Crippen molar-refractivity contribution < 1.29 is 13.6 Å². The third-order valence-corrected chi connectivity index (χ3v) is 5.91. The maximum Gasteiger partial charge on any atom is 0.287 e. The standard InChI is InChI=1S/C24H28N2O4/c1-15-8-10-26(11-9-15)19(22-7-5-17(3)29-22)14-25-24(28)23-13-20(27)18-12-16(2)4-6-21(18)30-23/h4-7,12-13,15,19H,8-11,14H2,1-3H3,(H,25,28). The molecular weight excluding hydrogens is 380 g/mol. The van der Waals surface area contributed by atoms with Crippen LogP contribution in [-0.4, -0.2) is 30.4 Å². The molecule has 1 amide bonds. The number of likely N-dealkylation sites (tertiary alicyclic amines) is 1. The molecule has 0 saturated carbocycles. The molecule has 6 nitrogen and oxygen atoms in total. The van der Waals surface area contributed by atoms with Crippen molar-refractivity contribution in [1.29, 1.82) is 0 Å². The van der Waals surface area contributed by atoms with Crippen molar-refractivity contribution in [3.05, 3.63) is 69.5 Å². The summed E-state index contributed by atoms with van der Waals surface area (Å²) >= 11 is 0. The minimum absolute atomic E-state index is 0.0259. The van der Waals surface area contributed by atoms with Gasteiger partial charge in [0.15, 0.2) is 11.2 Å². The zero-order valence-corrected chi connectivity index (χ0v) is 17.7. The van der Waals surface area contributed by atoms with Gasteiger partial charge in [-0.2, -0.15) is 0 Å². The maximum atomic E-state index is 12.8. The van der Waals surface area contributed by atoms with Gasteiger partial charge in [0, 0.05) is 12.6 Å². The molecule has 0 radical (unpaired) electrons. The fourth-order valence-corrected chi connectivity index (χ4v) is 4.04. The van der Waals surface area contributed by atoms with Crippen LogP contribution in [0.5, 0.6) is 0 Å². The van der Waals surface area contributed by atoms with Crippen LogP contribution in [0.2, 0.25) is 0 Å². The van der Waals surface area contributed by atoms with Crippen LogP contribution in [0.1, 0.15) is 53.4 Å². The smallest absolute Gasteiger partial charge is 0.287 e. The number of carbonyl (C=O) groups is 1. The Morgan fingerprint density at radius 1 is 1.13 bits per heavy atom. The van der Waals surface area contributed by atoms with Crippen LogP contribution in [0.4, 0.5) is 0 Å². The zero-order chi connectivity index (χ0) is 21.3. The molecule has 1 atom stereocenters. The second-order valence-electron chi connectivity index (χ2n) is 8.37. The van der Waals surface area contributed by atoms with Crippen LogP contribution in [0.15, 0.2) is 50.0 Å². The van der Waals surface area contributed by atoms with Crippen molar-refractivity contribution in [1.82, 2.24) is 10.2 Å². The lowest BCUT2D eigenvalue weighted by Crippen LogP contribution is -2.41. The third kappa shape index (κ3) is 4.33. The largest absolute Gasteiger partial charge is 0.465 e. The van der Waals surface area contributed by atoms with Gasteiger partial charge in [0.2, 0.25) is 0 Å². The van der Waals surface area contributed by atoms with Gasteiger partial charge in [-0.05, 0) is 70.0 Å². The molecule has 1 aromatic carbocycles. The summed E-state index contributed by atoms with van der Waals surface area (Å²) in [6, 6.07) is 10.5. The molecule has 0 spiro atoms. The van der Waals surface area contributed by atoms with Crippen LogP contribution in [-0.2, 0) is 0 Å². The lowest BCUT2D eigenvalue weighted by atomic mass is 9.97. The molecule has 0 bridgehead atoms. The molecule has 3 aromatic rings. The van der Waals surface area contributed by atoms with Crippen molar-refractivity contribution in [3.8, 4) is 0 Å². The molecule has 1 aliphatic rings. The van der Waals surface area contributed by atoms with Gasteiger partial charge in [-0.1, -0.05) is 18.6 Å². The zero-order valence-electron chi connectivity index (χ0n) is 17.7. The summed E-state index contributed by atoms with van der Waals surface area (Å²) in [5.41, 5.74) is 1.18. The van der Waals surface area contributed by atoms with E-state index >= 15 is 0 Å². The highest BCUT2D eigenvalue weighted by Crippen LogP contribution is 2.27. The first-order chi connectivity index (χ1) is 14.4. The number of benzene rings is 1. The van der Waals surface area contributed by atoms with E-state index in [0.29, 0.717) is 23.4 Å². The summed E-state index contributed by atoms with van der Waals surface area (Å²) in [6.07, 6.45) is 2.26. The molecule has 30 heavy (non-hydrogen) atoms. The number of nitrogens with zero attached hydrogens (tertiary/aromatic N) is 1. The van der Waals surface area contributed by atoms with Crippen molar-refractivity contribution in [2.45, 2.75) is 39.7 Å². The van der Waals surface area contributed by atoms with Gasteiger partial charge in [0.1, 0.15) is 17.1 Å². The van der Waals surface area contributed by atoms with Crippen LogP contribution in [0, 0.1) is 19.8 Å². The van der Waals surface area contributed by atoms with Crippen molar-refractivity contribution in [3.63, 3.8) is 0 Å². The number of piperidine rings is 1. The Hall–Kier alpha value is -2.86. The molecule has 158 valence electrons. The number of aryl methyl sites for hydroxylation is 2. The van der Waals surface area contributed by atoms with E-state index in [1.165, 1.54) is 6.07 Å². The lowest BCUT2D eigenvalue weighted by Gasteiger charge is -2.35. The van der Waals surface area contributed by atoms with Gasteiger partial charge in [-0.3, -0.25) is 14.5 Å². The Bertz CT molecular complexity index is 1110. The summed E-state index contributed by atoms with van der Waals surface area (Å²) in [6.45, 7) is 8.42. The summed E-state index contributed by atoms with van der Waals surface area (Å²) in [5, 5.41) is 3.43. The topological polar surface area (TPSA) is 75.7 Å². The number of fused-ring (bicyclic) bond motifs is 1. The Morgan fingerprint density at radius 2 is 1.90 bits per heavy atom. The fraction of sp³-hybridized carbons (Fsp3) is 0.417. The van der Waals surface area contributed by atoms with Gasteiger partial charge in [0.05, 0.1) is 11.4 Å². The van der Waals surface area contributed by atoms with E-state index in [1.807, 2.05) is 32.0 Å². The van der Waals surface area contributed by atoms with Crippen molar-refractivity contribution >= 4 is 16.9 Å². The molecule has 0 aliphatic carbocycles. The monoisotopic (exact) mass is 408 g/mol. The summed E-state index contributed by atoms with van der Waals surface area (Å²) in [4.78, 5) is 27.6. The molecule has 1 saturated heterocycles. The van der Waals surface area contributed by atoms with Gasteiger partial charge in [-0.25, -0.2) is 0 Å². The lowest BCUT2D eigenvalue weighted by molar-refractivity contribution is 0.0870. The average Bonchev–Trinajstić information content (AvgIpc) is 3.15. The first-order valence-electron chi connectivity index (χ1n) is 10.5.